The van der Waals surface area contributed by atoms with Crippen LogP contribution in [0.4, 0.5) is 5.69 Å². The summed E-state index contributed by atoms with van der Waals surface area (Å²) in [5, 5.41) is 1.79. The zero-order valence-corrected chi connectivity index (χ0v) is 9.38. The van der Waals surface area contributed by atoms with Crippen LogP contribution in [0, 0.1) is 0 Å². The summed E-state index contributed by atoms with van der Waals surface area (Å²) in [5.74, 6) is 6.10. The summed E-state index contributed by atoms with van der Waals surface area (Å²) >= 11 is 0. The van der Waals surface area contributed by atoms with Crippen LogP contribution in [0.25, 0.3) is 0 Å². The van der Waals surface area contributed by atoms with Crippen molar-refractivity contribution in [2.45, 2.75) is 13.0 Å². The highest BCUT2D eigenvalue weighted by Crippen LogP contribution is 2.22. The largest absolute Gasteiger partial charge is 0.304 e. The van der Waals surface area contributed by atoms with E-state index in [4.69, 9.17) is 5.84 Å². The van der Waals surface area contributed by atoms with Crippen molar-refractivity contribution in [3.05, 3.63) is 66.2 Å². The summed E-state index contributed by atoms with van der Waals surface area (Å²) in [7, 11) is 0. The van der Waals surface area contributed by atoms with E-state index in [0.29, 0.717) is 0 Å². The molecule has 2 nitrogen and oxygen atoms in total. The molecule has 0 saturated carbocycles. The third-order valence-corrected chi connectivity index (χ3v) is 2.75. The molecule has 82 valence electrons. The van der Waals surface area contributed by atoms with Crippen molar-refractivity contribution in [2.75, 3.05) is 5.01 Å². The molecule has 0 saturated heterocycles. The minimum Gasteiger partial charge on any atom is -0.304 e. The van der Waals surface area contributed by atoms with Gasteiger partial charge in [0.05, 0.1) is 11.7 Å². The SMILES string of the molecule is C[C@@H](c1ccccc1)N(N)c1ccccc1. The molecular weight excluding hydrogens is 196 g/mol. The Morgan fingerprint density at radius 3 is 1.94 bits per heavy atom. The van der Waals surface area contributed by atoms with Gasteiger partial charge in [0.2, 0.25) is 0 Å². The minimum atomic E-state index is 0.170. The van der Waals surface area contributed by atoms with E-state index in [1.54, 1.807) is 5.01 Å². The lowest BCUT2D eigenvalue weighted by atomic mass is 10.1. The third-order valence-electron chi connectivity index (χ3n) is 2.75. The summed E-state index contributed by atoms with van der Waals surface area (Å²) in [6, 6.07) is 20.4. The van der Waals surface area contributed by atoms with E-state index in [1.165, 1.54) is 5.56 Å². The summed E-state index contributed by atoms with van der Waals surface area (Å²) in [4.78, 5) is 0. The molecule has 2 rings (SSSR count). The summed E-state index contributed by atoms with van der Waals surface area (Å²) < 4.78 is 0. The second-order valence-corrected chi connectivity index (χ2v) is 3.83. The molecule has 0 aliphatic heterocycles. The van der Waals surface area contributed by atoms with Crippen LogP contribution in [0.15, 0.2) is 60.7 Å². The molecule has 2 aromatic rings. The van der Waals surface area contributed by atoms with Crippen LogP contribution >= 0.6 is 0 Å². The van der Waals surface area contributed by atoms with Gasteiger partial charge in [-0.25, -0.2) is 5.84 Å². The first kappa shape index (κ1) is 10.7. The predicted octanol–water partition coefficient (Wildman–Crippen LogP) is 3.13. The highest BCUT2D eigenvalue weighted by molar-refractivity contribution is 5.46. The van der Waals surface area contributed by atoms with E-state index in [-0.39, 0.29) is 6.04 Å². The van der Waals surface area contributed by atoms with E-state index >= 15 is 0 Å². The normalized spacial score (nSPS) is 12.1. The van der Waals surface area contributed by atoms with Crippen LogP contribution < -0.4 is 10.9 Å². The van der Waals surface area contributed by atoms with Crippen LogP contribution in [0.5, 0.6) is 0 Å². The Bertz CT molecular complexity index is 382. The predicted molar refractivity (Wildman–Crippen MR) is 68.0 cm³/mol. The highest BCUT2D eigenvalue weighted by Gasteiger charge is 2.11. The molecule has 16 heavy (non-hydrogen) atoms. The van der Waals surface area contributed by atoms with Crippen LogP contribution in [0.3, 0.4) is 0 Å². The zero-order chi connectivity index (χ0) is 11.4. The first-order valence-corrected chi connectivity index (χ1v) is 5.43. The van der Waals surface area contributed by atoms with Crippen molar-refractivity contribution >= 4 is 5.69 Å². The van der Waals surface area contributed by atoms with Gasteiger partial charge in [0, 0.05) is 0 Å². The smallest absolute Gasteiger partial charge is 0.0673 e. The zero-order valence-electron chi connectivity index (χ0n) is 9.38. The Hall–Kier alpha value is -1.80. The molecule has 2 aromatic carbocycles. The molecule has 1 atom stereocenters. The maximum absolute atomic E-state index is 6.10. The van der Waals surface area contributed by atoms with E-state index in [0.717, 1.165) is 5.69 Å². The third kappa shape index (κ3) is 2.23. The van der Waals surface area contributed by atoms with Crippen LogP contribution in [0.1, 0.15) is 18.5 Å². The van der Waals surface area contributed by atoms with Gasteiger partial charge in [0.15, 0.2) is 0 Å². The molecule has 0 heterocycles. The van der Waals surface area contributed by atoms with Crippen molar-refractivity contribution in [2.24, 2.45) is 5.84 Å². The number of benzene rings is 2. The monoisotopic (exact) mass is 212 g/mol. The molecule has 0 bridgehead atoms. The van der Waals surface area contributed by atoms with E-state index in [1.807, 2.05) is 48.5 Å². The first-order valence-electron chi connectivity index (χ1n) is 5.43. The van der Waals surface area contributed by atoms with Gasteiger partial charge in [0.25, 0.3) is 0 Å². The minimum absolute atomic E-state index is 0.170. The van der Waals surface area contributed by atoms with Crippen LogP contribution in [-0.4, -0.2) is 0 Å². The van der Waals surface area contributed by atoms with Crippen molar-refractivity contribution in [1.29, 1.82) is 0 Å². The van der Waals surface area contributed by atoms with Crippen LogP contribution in [-0.2, 0) is 0 Å². The molecule has 0 aromatic heterocycles. The maximum atomic E-state index is 6.10. The van der Waals surface area contributed by atoms with Gasteiger partial charge in [-0.1, -0.05) is 48.5 Å². The average Bonchev–Trinajstić information content (AvgIpc) is 2.39. The van der Waals surface area contributed by atoms with Crippen molar-refractivity contribution in [3.8, 4) is 0 Å². The van der Waals surface area contributed by atoms with Gasteiger partial charge >= 0.3 is 0 Å². The Morgan fingerprint density at radius 1 is 0.875 bits per heavy atom. The number of anilines is 1. The first-order chi connectivity index (χ1) is 7.79. The van der Waals surface area contributed by atoms with Crippen molar-refractivity contribution < 1.29 is 0 Å². The second-order valence-electron chi connectivity index (χ2n) is 3.83. The molecule has 0 spiro atoms. The molecule has 0 aliphatic rings. The Kier molecular flexibility index (Phi) is 3.22. The fraction of sp³-hybridized carbons (Fsp3) is 0.143. The van der Waals surface area contributed by atoms with Crippen LogP contribution in [0.2, 0.25) is 0 Å². The van der Waals surface area contributed by atoms with E-state index in [9.17, 15) is 0 Å². The van der Waals surface area contributed by atoms with Gasteiger partial charge in [-0.3, -0.25) is 0 Å². The molecule has 0 radical (unpaired) electrons. The Morgan fingerprint density at radius 2 is 1.38 bits per heavy atom. The topological polar surface area (TPSA) is 29.3 Å². The summed E-state index contributed by atoms with van der Waals surface area (Å²) in [6.07, 6.45) is 0. The van der Waals surface area contributed by atoms with Gasteiger partial charge in [-0.05, 0) is 24.6 Å². The van der Waals surface area contributed by atoms with Gasteiger partial charge in [-0.15, -0.1) is 0 Å². The number of hydrogen-bond donors (Lipinski definition) is 1. The lowest BCUT2D eigenvalue weighted by molar-refractivity contribution is 0.697. The summed E-state index contributed by atoms with van der Waals surface area (Å²) in [5.41, 5.74) is 2.24. The standard InChI is InChI=1S/C14H16N2/c1-12(13-8-4-2-5-9-13)16(15)14-10-6-3-7-11-14/h2-12H,15H2,1H3/t12-/m0/s1. The van der Waals surface area contributed by atoms with Crippen molar-refractivity contribution in [3.63, 3.8) is 0 Å². The molecule has 2 heteroatoms. The molecule has 0 amide bonds. The van der Waals surface area contributed by atoms with Gasteiger partial charge in [0.1, 0.15) is 0 Å². The maximum Gasteiger partial charge on any atom is 0.0673 e. The lowest BCUT2D eigenvalue weighted by Gasteiger charge is -2.26. The molecule has 0 aliphatic carbocycles. The number of nitrogens with zero attached hydrogens (tertiary/aromatic N) is 1. The molecule has 0 fully saturated rings. The fourth-order valence-corrected chi connectivity index (χ4v) is 1.72. The van der Waals surface area contributed by atoms with Crippen molar-refractivity contribution in [1.82, 2.24) is 0 Å². The number of hydrogen-bond acceptors (Lipinski definition) is 2. The Balaban J connectivity index is 2.20. The summed E-state index contributed by atoms with van der Waals surface area (Å²) in [6.45, 7) is 2.10. The fourth-order valence-electron chi connectivity index (χ4n) is 1.72. The number of hydrazine groups is 1. The highest BCUT2D eigenvalue weighted by atomic mass is 15.4. The number of nitrogens with two attached hydrogens (primary N) is 1. The molecule has 0 unspecified atom stereocenters. The Labute approximate surface area is 96.3 Å². The quantitative estimate of drug-likeness (QED) is 0.625. The van der Waals surface area contributed by atoms with E-state index in [2.05, 4.69) is 19.1 Å². The van der Waals surface area contributed by atoms with Gasteiger partial charge in [-0.2, -0.15) is 0 Å². The van der Waals surface area contributed by atoms with Gasteiger partial charge < -0.3 is 5.01 Å². The molecule has 2 N–H and O–H groups in total. The lowest BCUT2D eigenvalue weighted by Crippen LogP contribution is -2.33. The number of rotatable bonds is 3. The second kappa shape index (κ2) is 4.81. The number of para-hydroxylation sites is 1. The average molecular weight is 212 g/mol. The molecular formula is C14H16N2. The van der Waals surface area contributed by atoms with E-state index < -0.39 is 0 Å².